The first-order valence-electron chi connectivity index (χ1n) is 4.35. The quantitative estimate of drug-likeness (QED) is 0.523. The zero-order chi connectivity index (χ0) is 12.4. The Morgan fingerprint density at radius 2 is 2.00 bits per heavy atom. The molecule has 0 unspecified atom stereocenters. The zero-order valence-electron chi connectivity index (χ0n) is 8.21. The third-order valence-electron chi connectivity index (χ3n) is 1.88. The molecule has 0 saturated heterocycles. The molecule has 0 fully saturated rings. The molecule has 2 aromatic rings. The molecule has 17 heavy (non-hydrogen) atoms. The minimum Gasteiger partial charge on any atom is -0.477 e. The molecule has 0 aliphatic heterocycles. The number of hydrogen-bond donors (Lipinski definition) is 4. The van der Waals surface area contributed by atoms with Crippen molar-refractivity contribution in [1.29, 1.82) is 0 Å². The molecular weight excluding hydrogens is 232 g/mol. The van der Waals surface area contributed by atoms with Crippen LogP contribution in [0.15, 0.2) is 0 Å². The van der Waals surface area contributed by atoms with Crippen molar-refractivity contribution in [3.8, 4) is 0 Å². The van der Waals surface area contributed by atoms with Crippen LogP contribution in [0.4, 0.5) is 0 Å². The average molecular weight is 238 g/mol. The van der Waals surface area contributed by atoms with Crippen LogP contribution < -0.4 is 0 Å². The van der Waals surface area contributed by atoms with Gasteiger partial charge in [-0.2, -0.15) is 5.21 Å². The highest BCUT2D eigenvalue weighted by Gasteiger charge is 2.22. The summed E-state index contributed by atoms with van der Waals surface area (Å²) in [7, 11) is 0. The van der Waals surface area contributed by atoms with Crippen LogP contribution in [0.3, 0.4) is 0 Å². The molecule has 0 aromatic carbocycles. The van der Waals surface area contributed by atoms with Crippen LogP contribution in [0.1, 0.15) is 32.6 Å². The summed E-state index contributed by atoms with van der Waals surface area (Å²) in [6, 6.07) is 0. The molecule has 0 saturated carbocycles. The number of carbonyl (C=O) groups is 2. The summed E-state index contributed by atoms with van der Waals surface area (Å²) >= 11 is 0. The Balaban J connectivity index is 2.34. The number of imidazole rings is 1. The third kappa shape index (κ3) is 2.09. The summed E-state index contributed by atoms with van der Waals surface area (Å²) in [6.07, 6.45) is 0.0596. The van der Waals surface area contributed by atoms with Crippen molar-refractivity contribution in [1.82, 2.24) is 30.6 Å². The predicted molar refractivity (Wildman–Crippen MR) is 49.5 cm³/mol. The first-order chi connectivity index (χ1) is 8.08. The minimum atomic E-state index is -1.42. The number of rotatable bonds is 4. The lowest BCUT2D eigenvalue weighted by molar-refractivity contribution is 0.0644. The molecule has 0 radical (unpaired) electrons. The first-order valence-corrected chi connectivity index (χ1v) is 4.35. The van der Waals surface area contributed by atoms with Gasteiger partial charge in [-0.1, -0.05) is 5.21 Å². The number of hydrogen-bond acceptors (Lipinski definition) is 6. The van der Waals surface area contributed by atoms with Crippen LogP contribution in [0.25, 0.3) is 0 Å². The number of tetrazole rings is 1. The lowest BCUT2D eigenvalue weighted by Crippen LogP contribution is -2.07. The molecule has 0 aliphatic carbocycles. The third-order valence-corrected chi connectivity index (χ3v) is 1.88. The average Bonchev–Trinajstić information content (AvgIpc) is 2.86. The van der Waals surface area contributed by atoms with Crippen LogP contribution in [0.2, 0.25) is 0 Å². The zero-order valence-corrected chi connectivity index (χ0v) is 8.21. The van der Waals surface area contributed by atoms with Crippen molar-refractivity contribution in [2.24, 2.45) is 0 Å². The monoisotopic (exact) mass is 238 g/mol. The van der Waals surface area contributed by atoms with Gasteiger partial charge in [0, 0.05) is 0 Å². The van der Waals surface area contributed by atoms with Crippen molar-refractivity contribution in [3.05, 3.63) is 23.0 Å². The summed E-state index contributed by atoms with van der Waals surface area (Å²) in [6.45, 7) is 0. The van der Waals surface area contributed by atoms with Crippen LogP contribution >= 0.6 is 0 Å². The van der Waals surface area contributed by atoms with Crippen molar-refractivity contribution in [2.45, 2.75) is 6.42 Å². The van der Waals surface area contributed by atoms with Gasteiger partial charge in [0.15, 0.2) is 17.2 Å². The van der Waals surface area contributed by atoms with E-state index in [0.717, 1.165) is 0 Å². The number of aromatic nitrogens is 6. The van der Waals surface area contributed by atoms with Gasteiger partial charge < -0.3 is 15.2 Å². The Hall–Kier alpha value is -2.78. The van der Waals surface area contributed by atoms with Crippen molar-refractivity contribution < 1.29 is 19.8 Å². The van der Waals surface area contributed by atoms with E-state index in [4.69, 9.17) is 10.2 Å². The van der Waals surface area contributed by atoms with Gasteiger partial charge >= 0.3 is 11.9 Å². The molecule has 10 nitrogen and oxygen atoms in total. The van der Waals surface area contributed by atoms with Gasteiger partial charge in [0.1, 0.15) is 5.82 Å². The lowest BCUT2D eigenvalue weighted by atomic mass is 10.3. The van der Waals surface area contributed by atoms with Gasteiger partial charge in [0.2, 0.25) is 0 Å². The van der Waals surface area contributed by atoms with Gasteiger partial charge in [-0.05, 0) is 0 Å². The maximum absolute atomic E-state index is 10.8. The van der Waals surface area contributed by atoms with E-state index < -0.39 is 23.3 Å². The molecule has 4 N–H and O–H groups in total. The number of carboxylic acid groups (broad SMARTS) is 2. The van der Waals surface area contributed by atoms with Crippen molar-refractivity contribution in [2.75, 3.05) is 0 Å². The maximum Gasteiger partial charge on any atom is 0.357 e. The molecule has 0 aliphatic rings. The largest absolute Gasteiger partial charge is 0.477 e. The smallest absolute Gasteiger partial charge is 0.357 e. The fourth-order valence-electron chi connectivity index (χ4n) is 1.22. The van der Waals surface area contributed by atoms with E-state index in [-0.39, 0.29) is 18.1 Å². The first kappa shape index (κ1) is 10.7. The SMILES string of the molecule is O=C(O)c1nc(Cc2nn[nH]n2)[nH]c1C(=O)O. The topological polar surface area (TPSA) is 158 Å². The fourth-order valence-corrected chi connectivity index (χ4v) is 1.22. The standard InChI is InChI=1S/C7H6N6O4/c14-6(15)4-5(7(16)17)9-2(8-4)1-3-10-12-13-11-3/h1H2,(H,8,9)(H,14,15)(H,16,17)(H,10,11,12,13). The fraction of sp³-hybridized carbons (Fsp3) is 0.143. The predicted octanol–water partition coefficient (Wildman–Crippen LogP) is -1.09. The second-order valence-corrected chi connectivity index (χ2v) is 3.02. The van der Waals surface area contributed by atoms with E-state index in [1.165, 1.54) is 0 Å². The Kier molecular flexibility index (Phi) is 2.52. The number of aromatic amines is 2. The van der Waals surface area contributed by atoms with E-state index in [1.54, 1.807) is 0 Å². The molecule has 0 amide bonds. The number of carboxylic acids is 2. The van der Waals surface area contributed by atoms with E-state index in [9.17, 15) is 9.59 Å². The van der Waals surface area contributed by atoms with Gasteiger partial charge in [-0.3, -0.25) is 0 Å². The highest BCUT2D eigenvalue weighted by atomic mass is 16.4. The van der Waals surface area contributed by atoms with E-state index in [2.05, 4.69) is 30.6 Å². The molecule has 0 spiro atoms. The molecule has 2 heterocycles. The van der Waals surface area contributed by atoms with Gasteiger partial charge in [0.25, 0.3) is 0 Å². The van der Waals surface area contributed by atoms with E-state index in [1.807, 2.05) is 0 Å². The number of aromatic carboxylic acids is 2. The summed E-state index contributed by atoms with van der Waals surface area (Å²) < 4.78 is 0. The van der Waals surface area contributed by atoms with Crippen LogP contribution in [-0.2, 0) is 6.42 Å². The molecule has 2 aromatic heterocycles. The Morgan fingerprint density at radius 3 is 2.47 bits per heavy atom. The minimum absolute atomic E-state index is 0.0596. The summed E-state index contributed by atoms with van der Waals surface area (Å²) in [5, 5.41) is 30.3. The highest BCUT2D eigenvalue weighted by molar-refractivity contribution is 5.98. The second kappa shape index (κ2) is 4.00. The molecule has 0 bridgehead atoms. The summed E-state index contributed by atoms with van der Waals surface area (Å²) in [5.74, 6) is -2.40. The van der Waals surface area contributed by atoms with E-state index in [0.29, 0.717) is 0 Å². The Bertz CT molecular complexity index is 527. The second-order valence-electron chi connectivity index (χ2n) is 3.02. The van der Waals surface area contributed by atoms with Crippen LogP contribution in [-0.4, -0.2) is 52.7 Å². The van der Waals surface area contributed by atoms with Crippen molar-refractivity contribution in [3.63, 3.8) is 0 Å². The molecular formula is C7H6N6O4. The van der Waals surface area contributed by atoms with Crippen molar-refractivity contribution >= 4 is 11.9 Å². The Labute approximate surface area is 92.7 Å². The Morgan fingerprint density at radius 1 is 1.24 bits per heavy atom. The number of nitrogens with zero attached hydrogens (tertiary/aromatic N) is 4. The molecule has 88 valence electrons. The molecule has 10 heteroatoms. The van der Waals surface area contributed by atoms with E-state index >= 15 is 0 Å². The van der Waals surface area contributed by atoms with Crippen LogP contribution in [0.5, 0.6) is 0 Å². The summed E-state index contributed by atoms with van der Waals surface area (Å²) in [5.41, 5.74) is -1.02. The lowest BCUT2D eigenvalue weighted by Gasteiger charge is -1.89. The number of nitrogens with one attached hydrogen (secondary N) is 2. The molecule has 2 rings (SSSR count). The van der Waals surface area contributed by atoms with Gasteiger partial charge in [0.05, 0.1) is 6.42 Å². The summed E-state index contributed by atoms with van der Waals surface area (Å²) in [4.78, 5) is 27.5. The van der Waals surface area contributed by atoms with Gasteiger partial charge in [-0.25, -0.2) is 14.6 Å². The number of H-pyrrole nitrogens is 2. The maximum atomic E-state index is 10.8. The normalized spacial score (nSPS) is 10.4. The van der Waals surface area contributed by atoms with Crippen LogP contribution in [0, 0.1) is 0 Å². The molecule has 0 atom stereocenters. The van der Waals surface area contributed by atoms with Gasteiger partial charge in [-0.15, -0.1) is 10.2 Å². The highest BCUT2D eigenvalue weighted by Crippen LogP contribution is 2.08.